The zero-order chi connectivity index (χ0) is 17.4. The molecule has 0 N–H and O–H groups in total. The Balaban J connectivity index is 1.75. The average molecular weight is 339 g/mol. The average Bonchev–Trinajstić information content (AvgIpc) is 3.23. The van der Waals surface area contributed by atoms with Crippen molar-refractivity contribution in [1.82, 2.24) is 15.0 Å². The summed E-state index contributed by atoms with van der Waals surface area (Å²) in [4.78, 5) is 11.4. The number of nitrogens with zero attached hydrogens (tertiary/aromatic N) is 5. The monoisotopic (exact) mass is 339 g/mol. The van der Waals surface area contributed by atoms with E-state index in [-0.39, 0.29) is 18.7 Å². The van der Waals surface area contributed by atoms with Crippen LogP contribution in [0.3, 0.4) is 0 Å². The molecule has 0 spiro atoms. The lowest BCUT2D eigenvalue weighted by molar-refractivity contribution is -0.166. The van der Waals surface area contributed by atoms with Gasteiger partial charge in [0.15, 0.2) is 0 Å². The van der Waals surface area contributed by atoms with E-state index in [1.54, 1.807) is 6.92 Å². The van der Waals surface area contributed by atoms with Crippen LogP contribution in [0.15, 0.2) is 40.7 Å². The number of hydrogen-bond acceptors (Lipinski definition) is 6. The Kier molecular flexibility index (Phi) is 3.82. The molecule has 1 aromatic heterocycles. The van der Waals surface area contributed by atoms with Crippen molar-refractivity contribution in [2.45, 2.75) is 25.3 Å². The predicted molar refractivity (Wildman–Crippen MR) is 74.7 cm³/mol. The molecule has 0 saturated heterocycles. The molecule has 1 aliphatic rings. The normalized spacial score (nSPS) is 15.3. The Hall–Kier alpha value is -2.78. The molecule has 1 aliphatic heterocycles. The minimum Gasteiger partial charge on any atom is -0.465 e. The standard InChI is InChI=1S/C14H12F3N5O2/c1-2-24-12(23)8-22-7-11(18-21-22)9-3-5-10(6-4-9)13(19-20-13)14(15,16)17/h3-7H,2,8H2,1H3. The van der Waals surface area contributed by atoms with Crippen molar-refractivity contribution in [3.63, 3.8) is 0 Å². The quantitative estimate of drug-likeness (QED) is 0.784. The fourth-order valence-electron chi connectivity index (χ4n) is 2.16. The number of benzene rings is 1. The second kappa shape index (κ2) is 5.69. The van der Waals surface area contributed by atoms with Gasteiger partial charge in [-0.3, -0.25) is 4.79 Å². The van der Waals surface area contributed by atoms with Crippen LogP contribution in [-0.2, 0) is 21.7 Å². The number of alkyl halides is 3. The molecule has 126 valence electrons. The van der Waals surface area contributed by atoms with Gasteiger partial charge in [0.1, 0.15) is 12.2 Å². The fourth-order valence-corrected chi connectivity index (χ4v) is 2.16. The van der Waals surface area contributed by atoms with Crippen LogP contribution in [0, 0.1) is 0 Å². The molecule has 0 bridgehead atoms. The second-order valence-corrected chi connectivity index (χ2v) is 5.05. The van der Waals surface area contributed by atoms with E-state index in [0.29, 0.717) is 11.3 Å². The van der Waals surface area contributed by atoms with E-state index in [9.17, 15) is 18.0 Å². The Morgan fingerprint density at radius 3 is 2.46 bits per heavy atom. The first-order chi connectivity index (χ1) is 11.4. The SMILES string of the molecule is CCOC(=O)Cn1cc(-c2ccc(C3(C(F)(F)F)N=N3)cc2)nn1. The minimum absolute atomic E-state index is 0.0577. The maximum Gasteiger partial charge on any atom is 0.442 e. The van der Waals surface area contributed by atoms with Gasteiger partial charge in [0.25, 0.3) is 0 Å². The first-order valence-electron chi connectivity index (χ1n) is 7.03. The summed E-state index contributed by atoms with van der Waals surface area (Å²) in [7, 11) is 0. The minimum atomic E-state index is -4.56. The number of carbonyl (C=O) groups is 1. The van der Waals surface area contributed by atoms with Crippen molar-refractivity contribution < 1.29 is 22.7 Å². The summed E-state index contributed by atoms with van der Waals surface area (Å²) in [5.41, 5.74) is -1.51. The number of esters is 1. The Bertz CT molecular complexity index is 776. The smallest absolute Gasteiger partial charge is 0.442 e. The Labute approximate surface area is 134 Å². The summed E-state index contributed by atoms with van der Waals surface area (Å²) in [6, 6.07) is 5.55. The second-order valence-electron chi connectivity index (χ2n) is 5.05. The first-order valence-corrected chi connectivity index (χ1v) is 7.03. The van der Waals surface area contributed by atoms with Gasteiger partial charge in [-0.1, -0.05) is 29.5 Å². The van der Waals surface area contributed by atoms with Crippen molar-refractivity contribution in [3.05, 3.63) is 36.0 Å². The highest BCUT2D eigenvalue weighted by molar-refractivity contribution is 5.69. The summed E-state index contributed by atoms with van der Waals surface area (Å²) in [6.45, 7) is 1.87. The third-order valence-corrected chi connectivity index (χ3v) is 3.41. The van der Waals surface area contributed by atoms with Gasteiger partial charge in [-0.05, 0) is 6.92 Å². The molecular formula is C14H12F3N5O2. The van der Waals surface area contributed by atoms with Crippen molar-refractivity contribution in [2.24, 2.45) is 10.2 Å². The van der Waals surface area contributed by atoms with Crippen molar-refractivity contribution in [3.8, 4) is 11.3 Å². The highest BCUT2D eigenvalue weighted by Gasteiger charge is 2.65. The van der Waals surface area contributed by atoms with E-state index < -0.39 is 17.8 Å². The van der Waals surface area contributed by atoms with Crippen molar-refractivity contribution in [1.29, 1.82) is 0 Å². The summed E-state index contributed by atoms with van der Waals surface area (Å²) in [5, 5.41) is 14.0. The number of rotatable bonds is 5. The molecular weight excluding hydrogens is 327 g/mol. The topological polar surface area (TPSA) is 81.7 Å². The molecule has 0 fully saturated rings. The fraction of sp³-hybridized carbons (Fsp3) is 0.357. The molecule has 0 unspecified atom stereocenters. The summed E-state index contributed by atoms with van der Waals surface area (Å²) < 4.78 is 44.9. The summed E-state index contributed by atoms with van der Waals surface area (Å²) in [5.74, 6) is -0.451. The molecule has 2 aromatic rings. The first kappa shape index (κ1) is 16.1. The third kappa shape index (κ3) is 2.86. The molecule has 3 rings (SSSR count). The summed E-state index contributed by atoms with van der Waals surface area (Å²) in [6.07, 6.45) is -3.05. The van der Waals surface area contributed by atoms with Crippen LogP contribution in [0.1, 0.15) is 12.5 Å². The summed E-state index contributed by atoms with van der Waals surface area (Å²) >= 11 is 0. The molecule has 0 saturated carbocycles. The van der Waals surface area contributed by atoms with Crippen molar-refractivity contribution in [2.75, 3.05) is 6.61 Å². The van der Waals surface area contributed by atoms with E-state index in [4.69, 9.17) is 4.74 Å². The zero-order valence-corrected chi connectivity index (χ0v) is 12.5. The van der Waals surface area contributed by atoms with Crippen LogP contribution in [0.5, 0.6) is 0 Å². The number of aromatic nitrogens is 3. The highest BCUT2D eigenvalue weighted by atomic mass is 19.4. The third-order valence-electron chi connectivity index (χ3n) is 3.41. The van der Waals surface area contributed by atoms with E-state index in [2.05, 4.69) is 20.5 Å². The van der Waals surface area contributed by atoms with E-state index in [1.165, 1.54) is 35.1 Å². The van der Waals surface area contributed by atoms with E-state index in [1.807, 2.05) is 0 Å². The molecule has 7 nitrogen and oxygen atoms in total. The molecule has 1 aromatic carbocycles. The molecule has 10 heteroatoms. The van der Waals surface area contributed by atoms with Gasteiger partial charge >= 0.3 is 17.8 Å². The highest BCUT2D eigenvalue weighted by Crippen LogP contribution is 2.52. The Morgan fingerprint density at radius 1 is 1.25 bits per heavy atom. The van der Waals surface area contributed by atoms with E-state index >= 15 is 0 Å². The zero-order valence-electron chi connectivity index (χ0n) is 12.5. The number of carbonyl (C=O) groups excluding carboxylic acids is 1. The number of ether oxygens (including phenoxy) is 1. The van der Waals surface area contributed by atoms with Crippen LogP contribution >= 0.6 is 0 Å². The largest absolute Gasteiger partial charge is 0.465 e. The predicted octanol–water partition coefficient (Wildman–Crippen LogP) is 2.69. The van der Waals surface area contributed by atoms with Crippen molar-refractivity contribution >= 4 is 5.97 Å². The van der Waals surface area contributed by atoms with Crippen LogP contribution in [0.2, 0.25) is 0 Å². The van der Waals surface area contributed by atoms with Gasteiger partial charge in [0.05, 0.1) is 12.8 Å². The van der Waals surface area contributed by atoms with Crippen LogP contribution in [-0.4, -0.2) is 33.7 Å². The molecule has 0 amide bonds. The maximum atomic E-state index is 12.9. The lowest BCUT2D eigenvalue weighted by atomic mass is 10.0. The van der Waals surface area contributed by atoms with Crippen LogP contribution < -0.4 is 0 Å². The lowest BCUT2D eigenvalue weighted by Crippen LogP contribution is -2.29. The van der Waals surface area contributed by atoms with Gasteiger partial charge in [-0.25, -0.2) is 4.68 Å². The Morgan fingerprint density at radius 2 is 1.92 bits per heavy atom. The van der Waals surface area contributed by atoms with Crippen LogP contribution in [0.25, 0.3) is 11.3 Å². The van der Waals surface area contributed by atoms with Gasteiger partial charge in [0.2, 0.25) is 0 Å². The molecule has 0 atom stereocenters. The van der Waals surface area contributed by atoms with Gasteiger partial charge in [-0.15, -0.1) is 15.3 Å². The van der Waals surface area contributed by atoms with Gasteiger partial charge in [0, 0.05) is 11.1 Å². The van der Waals surface area contributed by atoms with Gasteiger partial charge < -0.3 is 4.74 Å². The lowest BCUT2D eigenvalue weighted by Gasteiger charge is -2.14. The van der Waals surface area contributed by atoms with Gasteiger partial charge in [-0.2, -0.15) is 13.2 Å². The molecule has 24 heavy (non-hydrogen) atoms. The number of halogens is 3. The molecule has 2 heterocycles. The van der Waals surface area contributed by atoms with E-state index in [0.717, 1.165) is 0 Å². The molecule has 0 radical (unpaired) electrons. The number of hydrogen-bond donors (Lipinski definition) is 0. The van der Waals surface area contributed by atoms with Crippen LogP contribution in [0.4, 0.5) is 13.2 Å². The molecule has 0 aliphatic carbocycles. The maximum absolute atomic E-state index is 12.9.